The fourth-order valence-corrected chi connectivity index (χ4v) is 3.24. The van der Waals surface area contributed by atoms with Gasteiger partial charge in [0, 0.05) is 17.8 Å². The van der Waals surface area contributed by atoms with Gasteiger partial charge in [-0.3, -0.25) is 0 Å². The number of aryl methyl sites for hydroxylation is 1. The summed E-state index contributed by atoms with van der Waals surface area (Å²) in [5.41, 5.74) is 3.24. The predicted molar refractivity (Wildman–Crippen MR) is 75.7 cm³/mol. The van der Waals surface area contributed by atoms with Gasteiger partial charge in [0.1, 0.15) is 0 Å². The summed E-state index contributed by atoms with van der Waals surface area (Å²) >= 11 is 0. The molecule has 0 spiro atoms. The molecule has 2 rings (SSSR count). The minimum atomic E-state index is 0.471. The molecule has 0 N–H and O–H groups in total. The van der Waals surface area contributed by atoms with Gasteiger partial charge in [0.15, 0.2) is 0 Å². The number of rotatable bonds is 5. The van der Waals surface area contributed by atoms with E-state index in [1.807, 2.05) is 0 Å². The van der Waals surface area contributed by atoms with Crippen molar-refractivity contribution in [2.75, 3.05) is 11.4 Å². The van der Waals surface area contributed by atoms with Crippen molar-refractivity contribution in [3.05, 3.63) is 29.8 Å². The number of hydrogen-bond acceptors (Lipinski definition) is 1. The van der Waals surface area contributed by atoms with Crippen LogP contribution >= 0.6 is 0 Å². The maximum Gasteiger partial charge on any atom is 0.0418 e. The Labute approximate surface area is 106 Å². The molecule has 0 amide bonds. The molecule has 1 aromatic carbocycles. The van der Waals surface area contributed by atoms with Crippen LogP contribution in [0.4, 0.5) is 5.69 Å². The number of benzene rings is 1. The molecule has 1 heterocycles. The van der Waals surface area contributed by atoms with Crippen LogP contribution in [0.3, 0.4) is 0 Å². The molecule has 0 atom stereocenters. The summed E-state index contributed by atoms with van der Waals surface area (Å²) in [6, 6.07) is 9.04. The van der Waals surface area contributed by atoms with Gasteiger partial charge < -0.3 is 4.90 Å². The summed E-state index contributed by atoms with van der Waals surface area (Å²) in [7, 11) is 0. The first kappa shape index (κ1) is 12.5. The third-order valence-corrected chi connectivity index (χ3v) is 4.15. The molecular weight excluding hydrogens is 206 g/mol. The van der Waals surface area contributed by atoms with Crippen LogP contribution in [0.1, 0.15) is 51.5 Å². The zero-order valence-corrected chi connectivity index (χ0v) is 11.5. The van der Waals surface area contributed by atoms with Gasteiger partial charge in [-0.05, 0) is 38.3 Å². The quantitative estimate of drug-likeness (QED) is 0.719. The Morgan fingerprint density at radius 2 is 1.65 bits per heavy atom. The second-order valence-corrected chi connectivity index (χ2v) is 5.46. The first-order chi connectivity index (χ1) is 8.22. The van der Waals surface area contributed by atoms with Crippen LogP contribution in [-0.4, -0.2) is 12.1 Å². The molecule has 1 aliphatic heterocycles. The summed E-state index contributed by atoms with van der Waals surface area (Å²) in [6.07, 6.45) is 6.65. The highest BCUT2D eigenvalue weighted by atomic mass is 15.3. The lowest BCUT2D eigenvalue weighted by Crippen LogP contribution is -2.60. The van der Waals surface area contributed by atoms with E-state index in [-0.39, 0.29) is 0 Å². The van der Waals surface area contributed by atoms with E-state index >= 15 is 0 Å². The van der Waals surface area contributed by atoms with Crippen LogP contribution in [0, 0.1) is 6.92 Å². The van der Waals surface area contributed by atoms with E-state index in [1.54, 1.807) is 0 Å². The topological polar surface area (TPSA) is 3.24 Å². The molecule has 0 bridgehead atoms. The van der Waals surface area contributed by atoms with Crippen molar-refractivity contribution in [1.29, 1.82) is 0 Å². The molecule has 0 radical (unpaired) electrons. The van der Waals surface area contributed by atoms with E-state index in [2.05, 4.69) is 49.9 Å². The Hall–Kier alpha value is -0.980. The monoisotopic (exact) mass is 231 g/mol. The molecule has 0 saturated carbocycles. The minimum absolute atomic E-state index is 0.471. The number of nitrogens with zero attached hydrogens (tertiary/aromatic N) is 1. The van der Waals surface area contributed by atoms with Gasteiger partial charge in [-0.15, -0.1) is 0 Å². The molecule has 0 unspecified atom stereocenters. The molecule has 94 valence electrons. The molecule has 1 aliphatic rings. The Balaban J connectivity index is 2.17. The van der Waals surface area contributed by atoms with Gasteiger partial charge in [-0.25, -0.2) is 0 Å². The molecule has 0 aromatic heterocycles. The molecule has 1 aromatic rings. The Kier molecular flexibility index (Phi) is 3.76. The Morgan fingerprint density at radius 1 is 1.06 bits per heavy atom. The van der Waals surface area contributed by atoms with Crippen molar-refractivity contribution in [2.24, 2.45) is 0 Å². The van der Waals surface area contributed by atoms with E-state index in [9.17, 15) is 0 Å². The van der Waals surface area contributed by atoms with Gasteiger partial charge in [0.05, 0.1) is 0 Å². The van der Waals surface area contributed by atoms with Crippen LogP contribution < -0.4 is 4.90 Å². The molecule has 17 heavy (non-hydrogen) atoms. The number of hydrogen-bond donors (Lipinski definition) is 0. The summed E-state index contributed by atoms with van der Waals surface area (Å²) < 4.78 is 0. The van der Waals surface area contributed by atoms with Crippen molar-refractivity contribution >= 4 is 5.69 Å². The van der Waals surface area contributed by atoms with Crippen LogP contribution in [0.2, 0.25) is 0 Å². The smallest absolute Gasteiger partial charge is 0.0418 e. The van der Waals surface area contributed by atoms with E-state index in [0.717, 1.165) is 0 Å². The molecule has 0 aliphatic carbocycles. The summed E-state index contributed by atoms with van der Waals surface area (Å²) in [6.45, 7) is 8.01. The largest absolute Gasteiger partial charge is 0.366 e. The van der Waals surface area contributed by atoms with Crippen LogP contribution in [-0.2, 0) is 0 Å². The zero-order chi connectivity index (χ0) is 12.3. The average molecular weight is 231 g/mol. The van der Waals surface area contributed by atoms with Crippen molar-refractivity contribution in [3.8, 4) is 0 Å². The Bertz CT molecular complexity index is 346. The summed E-state index contributed by atoms with van der Waals surface area (Å²) in [4.78, 5) is 2.64. The highest BCUT2D eigenvalue weighted by molar-refractivity contribution is 5.53. The zero-order valence-electron chi connectivity index (χ0n) is 11.5. The molecule has 1 heteroatoms. The normalized spacial score (nSPS) is 17.9. The fraction of sp³-hybridized carbons (Fsp3) is 0.625. The van der Waals surface area contributed by atoms with Crippen molar-refractivity contribution < 1.29 is 0 Å². The standard InChI is InChI=1S/C16H25N/c1-4-10-16(11-5-2)12-13-17(16)15-8-6-14(3)7-9-15/h6-9H,4-5,10-13H2,1-3H3. The van der Waals surface area contributed by atoms with Crippen molar-refractivity contribution in [3.63, 3.8) is 0 Å². The summed E-state index contributed by atoms with van der Waals surface area (Å²) in [5, 5.41) is 0. The van der Waals surface area contributed by atoms with Crippen molar-refractivity contribution in [1.82, 2.24) is 0 Å². The molecule has 1 nitrogen and oxygen atoms in total. The van der Waals surface area contributed by atoms with Gasteiger partial charge >= 0.3 is 0 Å². The SMILES string of the molecule is CCCC1(CCC)CCN1c1ccc(C)cc1. The maximum atomic E-state index is 2.64. The van der Waals surface area contributed by atoms with Crippen LogP contribution in [0.25, 0.3) is 0 Å². The third kappa shape index (κ3) is 2.34. The van der Waals surface area contributed by atoms with Crippen molar-refractivity contribution in [2.45, 2.75) is 58.4 Å². The first-order valence-corrected chi connectivity index (χ1v) is 7.06. The van der Waals surface area contributed by atoms with Crippen LogP contribution in [0.15, 0.2) is 24.3 Å². The lowest BCUT2D eigenvalue weighted by Gasteiger charge is -2.55. The van der Waals surface area contributed by atoms with Gasteiger partial charge in [0.2, 0.25) is 0 Å². The van der Waals surface area contributed by atoms with E-state index in [4.69, 9.17) is 0 Å². The van der Waals surface area contributed by atoms with Gasteiger partial charge in [-0.2, -0.15) is 0 Å². The second kappa shape index (κ2) is 5.12. The van der Waals surface area contributed by atoms with E-state index in [1.165, 1.54) is 49.9 Å². The lowest BCUT2D eigenvalue weighted by molar-refractivity contribution is 0.232. The van der Waals surface area contributed by atoms with Gasteiger partial charge in [-0.1, -0.05) is 44.4 Å². The van der Waals surface area contributed by atoms with E-state index < -0.39 is 0 Å². The first-order valence-electron chi connectivity index (χ1n) is 7.06. The lowest BCUT2D eigenvalue weighted by atomic mass is 9.76. The highest BCUT2D eigenvalue weighted by Gasteiger charge is 2.42. The van der Waals surface area contributed by atoms with E-state index in [0.29, 0.717) is 5.54 Å². The average Bonchev–Trinajstić information content (AvgIpc) is 2.30. The maximum absolute atomic E-state index is 2.64. The predicted octanol–water partition coefficient (Wildman–Crippen LogP) is 4.54. The highest BCUT2D eigenvalue weighted by Crippen LogP contribution is 2.42. The fourth-order valence-electron chi connectivity index (χ4n) is 3.24. The Morgan fingerprint density at radius 3 is 2.06 bits per heavy atom. The molecular formula is C16H25N. The second-order valence-electron chi connectivity index (χ2n) is 5.46. The minimum Gasteiger partial charge on any atom is -0.366 e. The van der Waals surface area contributed by atoms with Gasteiger partial charge in [0.25, 0.3) is 0 Å². The molecule has 1 fully saturated rings. The molecule has 1 saturated heterocycles. The summed E-state index contributed by atoms with van der Waals surface area (Å²) in [5.74, 6) is 0. The van der Waals surface area contributed by atoms with Crippen LogP contribution in [0.5, 0.6) is 0 Å². The third-order valence-electron chi connectivity index (χ3n) is 4.15. The number of anilines is 1.